The third kappa shape index (κ3) is 2.91. The van der Waals surface area contributed by atoms with Crippen LogP contribution in [0.3, 0.4) is 0 Å². The van der Waals surface area contributed by atoms with Gasteiger partial charge in [0.05, 0.1) is 24.7 Å². The number of pyridine rings is 1. The van der Waals surface area contributed by atoms with E-state index in [9.17, 15) is 14.4 Å². The summed E-state index contributed by atoms with van der Waals surface area (Å²) in [5.74, 6) is -0.909. The molecule has 3 heterocycles. The third-order valence-corrected chi connectivity index (χ3v) is 5.16. The highest BCUT2D eigenvalue weighted by atomic mass is 16.5. The summed E-state index contributed by atoms with van der Waals surface area (Å²) in [5.41, 5.74) is 6.46. The molecule has 8 heteroatoms. The van der Waals surface area contributed by atoms with Crippen molar-refractivity contribution >= 4 is 23.4 Å². The third-order valence-electron chi connectivity index (χ3n) is 5.16. The zero-order valence-electron chi connectivity index (χ0n) is 15.6. The predicted molar refractivity (Wildman–Crippen MR) is 101 cm³/mol. The first kappa shape index (κ1) is 18.1. The number of rotatable bonds is 3. The Morgan fingerprint density at radius 1 is 1.07 bits per heavy atom. The van der Waals surface area contributed by atoms with Crippen LogP contribution in [-0.2, 0) is 14.9 Å². The Hall–Kier alpha value is -3.26. The van der Waals surface area contributed by atoms with E-state index >= 15 is 0 Å². The van der Waals surface area contributed by atoms with Crippen molar-refractivity contribution in [3.05, 3.63) is 59.4 Å². The number of nitrogens with one attached hydrogen (secondary N) is 2. The van der Waals surface area contributed by atoms with Crippen molar-refractivity contribution in [1.82, 2.24) is 15.8 Å². The van der Waals surface area contributed by atoms with Gasteiger partial charge in [0.2, 0.25) is 5.91 Å². The van der Waals surface area contributed by atoms with Crippen LogP contribution < -0.4 is 15.8 Å². The smallest absolute Gasteiger partial charge is 0.269 e. The Kier molecular flexibility index (Phi) is 4.35. The maximum atomic E-state index is 12.9. The first-order chi connectivity index (χ1) is 13.4. The van der Waals surface area contributed by atoms with Gasteiger partial charge < -0.3 is 9.64 Å². The molecular weight excluding hydrogens is 360 g/mol. The second-order valence-corrected chi connectivity index (χ2v) is 7.37. The van der Waals surface area contributed by atoms with Crippen molar-refractivity contribution in [2.45, 2.75) is 25.3 Å². The predicted octanol–water partition coefficient (Wildman–Crippen LogP) is 1.18. The van der Waals surface area contributed by atoms with Gasteiger partial charge in [0.1, 0.15) is 0 Å². The van der Waals surface area contributed by atoms with Crippen molar-refractivity contribution in [2.24, 2.45) is 0 Å². The van der Waals surface area contributed by atoms with Crippen LogP contribution >= 0.6 is 0 Å². The zero-order valence-corrected chi connectivity index (χ0v) is 15.6. The lowest BCUT2D eigenvalue weighted by molar-refractivity contribution is -0.124. The van der Waals surface area contributed by atoms with Crippen LogP contribution in [0.15, 0.2) is 42.7 Å². The molecule has 2 N–H and O–H groups in total. The van der Waals surface area contributed by atoms with Crippen LogP contribution in [0.2, 0.25) is 0 Å². The highest BCUT2D eigenvalue weighted by Gasteiger charge is 2.48. The molecule has 0 atom stereocenters. The number of hydrogen-bond acceptors (Lipinski definition) is 5. The molecule has 0 spiro atoms. The monoisotopic (exact) mass is 380 g/mol. The standard InChI is InChI=1S/C20H20N4O4/c1-20(2)15-4-3-13(9-16(15)24(19(20)27)14-10-28-11-14)18(26)23-22-17(25)12-5-7-21-8-6-12/h3-9,14H,10-11H2,1-2H3,(H,22,25)(H,23,26). The maximum absolute atomic E-state index is 12.9. The lowest BCUT2D eigenvalue weighted by Gasteiger charge is -2.35. The Bertz CT molecular complexity index is 954. The number of hydrazine groups is 1. The van der Waals surface area contributed by atoms with Gasteiger partial charge in [-0.15, -0.1) is 0 Å². The van der Waals surface area contributed by atoms with Crippen LogP contribution in [0, 0.1) is 0 Å². The Morgan fingerprint density at radius 3 is 2.32 bits per heavy atom. The minimum absolute atomic E-state index is 0.000604. The van der Waals surface area contributed by atoms with Gasteiger partial charge in [0.25, 0.3) is 11.8 Å². The normalized spacial score (nSPS) is 17.6. The summed E-state index contributed by atoms with van der Waals surface area (Å²) in [6.45, 7) is 4.73. The molecule has 1 aromatic heterocycles. The maximum Gasteiger partial charge on any atom is 0.269 e. The molecule has 2 aliphatic heterocycles. The molecule has 144 valence electrons. The highest BCUT2D eigenvalue weighted by molar-refractivity contribution is 6.09. The molecule has 0 bridgehead atoms. The fourth-order valence-corrected chi connectivity index (χ4v) is 3.42. The zero-order chi connectivity index (χ0) is 19.9. The molecule has 1 saturated heterocycles. The van der Waals surface area contributed by atoms with E-state index in [2.05, 4.69) is 15.8 Å². The summed E-state index contributed by atoms with van der Waals surface area (Å²) in [4.78, 5) is 43.0. The summed E-state index contributed by atoms with van der Waals surface area (Å²) in [6.07, 6.45) is 2.99. The molecule has 0 radical (unpaired) electrons. The number of ether oxygens (including phenoxy) is 1. The Balaban J connectivity index is 1.53. The number of carbonyl (C=O) groups excluding carboxylic acids is 3. The molecular formula is C20H20N4O4. The fraction of sp³-hybridized carbons (Fsp3) is 0.300. The van der Waals surface area contributed by atoms with Crippen LogP contribution in [0.1, 0.15) is 40.1 Å². The number of nitrogens with zero attached hydrogens (tertiary/aromatic N) is 2. The minimum atomic E-state index is -0.657. The Labute approximate surface area is 161 Å². The first-order valence-electron chi connectivity index (χ1n) is 8.96. The van der Waals surface area contributed by atoms with Crippen LogP contribution in [0.25, 0.3) is 0 Å². The molecule has 3 amide bonds. The summed E-state index contributed by atoms with van der Waals surface area (Å²) in [5, 5.41) is 0. The van der Waals surface area contributed by atoms with Gasteiger partial charge in [-0.2, -0.15) is 0 Å². The SMILES string of the molecule is CC1(C)C(=O)N(C2COC2)c2cc(C(=O)NNC(=O)c3ccncc3)ccc21. The molecule has 2 aromatic rings. The van der Waals surface area contributed by atoms with Gasteiger partial charge >= 0.3 is 0 Å². The number of amides is 3. The van der Waals surface area contributed by atoms with E-state index in [1.54, 1.807) is 35.2 Å². The molecule has 0 unspecified atom stereocenters. The lowest BCUT2D eigenvalue weighted by Crippen LogP contribution is -2.52. The van der Waals surface area contributed by atoms with E-state index in [0.29, 0.717) is 24.3 Å². The second kappa shape index (κ2) is 6.72. The van der Waals surface area contributed by atoms with Gasteiger partial charge in [-0.25, -0.2) is 0 Å². The summed E-state index contributed by atoms with van der Waals surface area (Å²) in [7, 11) is 0. The van der Waals surface area contributed by atoms with E-state index < -0.39 is 17.2 Å². The van der Waals surface area contributed by atoms with Crippen molar-refractivity contribution < 1.29 is 19.1 Å². The number of hydrogen-bond donors (Lipinski definition) is 2. The average molecular weight is 380 g/mol. The second-order valence-electron chi connectivity index (χ2n) is 7.37. The van der Waals surface area contributed by atoms with E-state index in [1.807, 2.05) is 13.8 Å². The van der Waals surface area contributed by atoms with Crippen molar-refractivity contribution in [3.63, 3.8) is 0 Å². The molecule has 0 saturated carbocycles. The van der Waals surface area contributed by atoms with Crippen LogP contribution in [-0.4, -0.2) is 42.0 Å². The molecule has 2 aliphatic rings. The number of fused-ring (bicyclic) bond motifs is 1. The minimum Gasteiger partial charge on any atom is -0.377 e. The van der Waals surface area contributed by atoms with E-state index in [0.717, 1.165) is 11.3 Å². The first-order valence-corrected chi connectivity index (χ1v) is 8.96. The summed E-state index contributed by atoms with van der Waals surface area (Å²) >= 11 is 0. The number of benzene rings is 1. The molecule has 4 rings (SSSR count). The Morgan fingerprint density at radius 2 is 1.71 bits per heavy atom. The van der Waals surface area contributed by atoms with Gasteiger partial charge in [0.15, 0.2) is 0 Å². The van der Waals surface area contributed by atoms with E-state index in [1.165, 1.54) is 12.4 Å². The fourth-order valence-electron chi connectivity index (χ4n) is 3.42. The van der Waals surface area contributed by atoms with E-state index in [-0.39, 0.29) is 11.9 Å². The van der Waals surface area contributed by atoms with Gasteiger partial charge in [0, 0.05) is 29.2 Å². The van der Waals surface area contributed by atoms with Gasteiger partial charge in [-0.05, 0) is 43.7 Å². The highest BCUT2D eigenvalue weighted by Crippen LogP contribution is 2.43. The molecule has 8 nitrogen and oxygen atoms in total. The van der Waals surface area contributed by atoms with Gasteiger partial charge in [-0.3, -0.25) is 30.2 Å². The van der Waals surface area contributed by atoms with Crippen molar-refractivity contribution in [2.75, 3.05) is 18.1 Å². The molecule has 1 aromatic carbocycles. The largest absolute Gasteiger partial charge is 0.377 e. The lowest BCUT2D eigenvalue weighted by atomic mass is 9.86. The van der Waals surface area contributed by atoms with Gasteiger partial charge in [-0.1, -0.05) is 6.07 Å². The van der Waals surface area contributed by atoms with E-state index in [4.69, 9.17) is 4.74 Å². The quantitative estimate of drug-likeness (QED) is 0.779. The molecule has 1 fully saturated rings. The van der Waals surface area contributed by atoms with Crippen molar-refractivity contribution in [1.29, 1.82) is 0 Å². The molecule has 28 heavy (non-hydrogen) atoms. The summed E-state index contributed by atoms with van der Waals surface area (Å²) < 4.78 is 5.24. The van der Waals surface area contributed by atoms with Crippen LogP contribution in [0.4, 0.5) is 5.69 Å². The molecule has 0 aliphatic carbocycles. The number of carbonyl (C=O) groups is 3. The van der Waals surface area contributed by atoms with Crippen LogP contribution in [0.5, 0.6) is 0 Å². The number of anilines is 1. The van der Waals surface area contributed by atoms with Crippen molar-refractivity contribution in [3.8, 4) is 0 Å². The number of aromatic nitrogens is 1. The summed E-state index contributed by atoms with van der Waals surface area (Å²) in [6, 6.07) is 8.22. The topological polar surface area (TPSA) is 101 Å². The average Bonchev–Trinajstić information content (AvgIpc) is 2.86.